The molecule has 6 nitrogen and oxygen atoms in total. The minimum Gasteiger partial charge on any atom is -0.484 e. The van der Waals surface area contributed by atoms with Gasteiger partial charge in [0, 0.05) is 25.5 Å². The number of rotatable bonds is 3. The fraction of sp³-hybridized carbons (Fsp3) is 0.267. The van der Waals surface area contributed by atoms with E-state index in [2.05, 4.69) is 4.98 Å². The Kier molecular flexibility index (Phi) is 3.56. The molecule has 0 saturated carbocycles. The van der Waals surface area contributed by atoms with Gasteiger partial charge in [-0.15, -0.1) is 0 Å². The first-order valence-electron chi connectivity index (χ1n) is 6.67. The van der Waals surface area contributed by atoms with Gasteiger partial charge in [0.2, 0.25) is 0 Å². The largest absolute Gasteiger partial charge is 0.484 e. The van der Waals surface area contributed by atoms with E-state index in [1.807, 2.05) is 16.8 Å². The Bertz CT molecular complexity index is 684. The van der Waals surface area contributed by atoms with E-state index >= 15 is 0 Å². The van der Waals surface area contributed by atoms with Crippen LogP contribution in [0, 0.1) is 11.3 Å². The summed E-state index contributed by atoms with van der Waals surface area (Å²) in [7, 11) is 0. The van der Waals surface area contributed by atoms with Gasteiger partial charge in [0.15, 0.2) is 6.61 Å². The van der Waals surface area contributed by atoms with Gasteiger partial charge in [-0.2, -0.15) is 5.26 Å². The van der Waals surface area contributed by atoms with Gasteiger partial charge in [-0.3, -0.25) is 4.79 Å². The molecule has 0 radical (unpaired) electrons. The van der Waals surface area contributed by atoms with Crippen LogP contribution in [0.3, 0.4) is 0 Å². The number of nitrogens with zero attached hydrogens (tertiary/aromatic N) is 4. The topological polar surface area (TPSA) is 71.2 Å². The van der Waals surface area contributed by atoms with Crippen molar-refractivity contribution in [1.82, 2.24) is 14.5 Å². The lowest BCUT2D eigenvalue weighted by atomic mass is 10.2. The van der Waals surface area contributed by atoms with Crippen LogP contribution in [0.4, 0.5) is 0 Å². The molecule has 1 aromatic heterocycles. The van der Waals surface area contributed by atoms with Crippen molar-refractivity contribution in [2.45, 2.75) is 13.1 Å². The van der Waals surface area contributed by atoms with E-state index in [-0.39, 0.29) is 12.5 Å². The first kappa shape index (κ1) is 13.2. The minimum absolute atomic E-state index is 0.00733. The van der Waals surface area contributed by atoms with Crippen LogP contribution >= 0.6 is 0 Å². The molecule has 6 heteroatoms. The van der Waals surface area contributed by atoms with E-state index in [4.69, 9.17) is 10.00 Å². The van der Waals surface area contributed by atoms with Crippen LogP contribution in [-0.2, 0) is 17.9 Å². The molecular formula is C15H14N4O2. The number of fused-ring (bicyclic) bond motifs is 1. The number of amides is 1. The van der Waals surface area contributed by atoms with E-state index in [0.717, 1.165) is 12.4 Å². The zero-order valence-electron chi connectivity index (χ0n) is 11.4. The predicted molar refractivity (Wildman–Crippen MR) is 74.3 cm³/mol. The number of ether oxygens (including phenoxy) is 1. The molecule has 21 heavy (non-hydrogen) atoms. The maximum absolute atomic E-state index is 12.1. The highest BCUT2D eigenvalue weighted by atomic mass is 16.5. The Morgan fingerprint density at radius 1 is 1.33 bits per heavy atom. The molecule has 0 spiro atoms. The molecule has 106 valence electrons. The van der Waals surface area contributed by atoms with E-state index < -0.39 is 0 Å². The number of hydrogen-bond donors (Lipinski definition) is 0. The third kappa shape index (κ3) is 2.87. The van der Waals surface area contributed by atoms with Crippen molar-refractivity contribution in [2.75, 3.05) is 13.2 Å². The van der Waals surface area contributed by atoms with Crippen molar-refractivity contribution in [1.29, 1.82) is 5.26 Å². The van der Waals surface area contributed by atoms with Crippen LogP contribution < -0.4 is 4.74 Å². The number of carbonyl (C=O) groups is 1. The minimum atomic E-state index is -0.0615. The third-order valence-electron chi connectivity index (χ3n) is 3.44. The lowest BCUT2D eigenvalue weighted by Crippen LogP contribution is -2.40. The summed E-state index contributed by atoms with van der Waals surface area (Å²) < 4.78 is 7.51. The smallest absolute Gasteiger partial charge is 0.260 e. The molecule has 2 aromatic rings. The molecule has 0 unspecified atom stereocenters. The average Bonchev–Trinajstić information content (AvgIpc) is 3.00. The van der Waals surface area contributed by atoms with Crippen molar-refractivity contribution in [3.8, 4) is 11.8 Å². The Balaban J connectivity index is 1.56. The zero-order valence-corrected chi connectivity index (χ0v) is 11.4. The second kappa shape index (κ2) is 5.67. The highest BCUT2D eigenvalue weighted by Gasteiger charge is 2.21. The molecule has 3 rings (SSSR count). The first-order chi connectivity index (χ1) is 10.3. The van der Waals surface area contributed by atoms with Gasteiger partial charge in [0.1, 0.15) is 11.6 Å². The summed E-state index contributed by atoms with van der Waals surface area (Å²) in [5, 5.41) is 8.72. The van der Waals surface area contributed by atoms with Gasteiger partial charge in [0.25, 0.3) is 5.91 Å². The zero-order chi connectivity index (χ0) is 14.7. The lowest BCUT2D eigenvalue weighted by molar-refractivity contribution is -0.134. The summed E-state index contributed by atoms with van der Waals surface area (Å²) in [6.07, 6.45) is 3.67. The van der Waals surface area contributed by atoms with E-state index in [9.17, 15) is 4.79 Å². The fourth-order valence-corrected chi connectivity index (χ4v) is 2.25. The van der Waals surface area contributed by atoms with Crippen molar-refractivity contribution < 1.29 is 9.53 Å². The van der Waals surface area contributed by atoms with Crippen molar-refractivity contribution in [2.24, 2.45) is 0 Å². The number of benzene rings is 1. The van der Waals surface area contributed by atoms with Crippen LogP contribution in [0.15, 0.2) is 36.7 Å². The average molecular weight is 282 g/mol. The number of aromatic nitrogens is 2. The number of nitriles is 1. The molecule has 0 fully saturated rings. The highest BCUT2D eigenvalue weighted by molar-refractivity contribution is 5.77. The molecule has 1 aliphatic heterocycles. The van der Waals surface area contributed by atoms with Crippen molar-refractivity contribution in [3.05, 3.63) is 48.0 Å². The molecule has 0 saturated heterocycles. The van der Waals surface area contributed by atoms with E-state index in [1.54, 1.807) is 35.4 Å². The van der Waals surface area contributed by atoms with Crippen LogP contribution in [0.2, 0.25) is 0 Å². The highest BCUT2D eigenvalue weighted by Crippen LogP contribution is 2.13. The number of imidazole rings is 1. The third-order valence-corrected chi connectivity index (χ3v) is 3.44. The van der Waals surface area contributed by atoms with Crippen molar-refractivity contribution >= 4 is 5.91 Å². The summed E-state index contributed by atoms with van der Waals surface area (Å²) in [4.78, 5) is 18.1. The SMILES string of the molecule is N#Cc1ccc(OCC(=O)N2CCn3ccnc3C2)cc1. The molecule has 1 amide bonds. The maximum Gasteiger partial charge on any atom is 0.260 e. The quantitative estimate of drug-likeness (QED) is 0.847. The van der Waals surface area contributed by atoms with Crippen LogP contribution in [0.25, 0.3) is 0 Å². The summed E-state index contributed by atoms with van der Waals surface area (Å²) in [5.41, 5.74) is 0.566. The summed E-state index contributed by atoms with van der Waals surface area (Å²) >= 11 is 0. The monoisotopic (exact) mass is 282 g/mol. The van der Waals surface area contributed by atoms with Gasteiger partial charge in [-0.1, -0.05) is 0 Å². The molecule has 2 heterocycles. The van der Waals surface area contributed by atoms with Crippen LogP contribution in [0.1, 0.15) is 11.4 Å². The second-order valence-electron chi connectivity index (χ2n) is 4.78. The molecule has 0 aliphatic carbocycles. The van der Waals surface area contributed by atoms with Gasteiger partial charge < -0.3 is 14.2 Å². The summed E-state index contributed by atoms with van der Waals surface area (Å²) in [5.74, 6) is 1.42. The molecule has 0 bridgehead atoms. The molecule has 1 aliphatic rings. The fourth-order valence-electron chi connectivity index (χ4n) is 2.25. The number of hydrogen-bond acceptors (Lipinski definition) is 4. The lowest BCUT2D eigenvalue weighted by Gasteiger charge is -2.27. The molecule has 0 atom stereocenters. The van der Waals surface area contributed by atoms with Gasteiger partial charge in [0.05, 0.1) is 18.2 Å². The first-order valence-corrected chi connectivity index (χ1v) is 6.67. The second-order valence-corrected chi connectivity index (χ2v) is 4.78. The van der Waals surface area contributed by atoms with Crippen molar-refractivity contribution in [3.63, 3.8) is 0 Å². The molecule has 0 N–H and O–H groups in total. The van der Waals surface area contributed by atoms with Crippen LogP contribution in [-0.4, -0.2) is 33.5 Å². The van der Waals surface area contributed by atoms with Crippen LogP contribution in [0.5, 0.6) is 5.75 Å². The Morgan fingerprint density at radius 3 is 2.90 bits per heavy atom. The predicted octanol–water partition coefficient (Wildman–Crippen LogP) is 1.18. The standard InChI is InChI=1S/C15H14N4O2/c16-9-12-1-3-13(4-2-12)21-11-15(20)19-8-7-18-6-5-17-14(18)10-19/h1-6H,7-8,10-11H2. The van der Waals surface area contributed by atoms with Gasteiger partial charge in [-0.25, -0.2) is 4.98 Å². The van der Waals surface area contributed by atoms with Gasteiger partial charge in [-0.05, 0) is 24.3 Å². The summed E-state index contributed by atoms with van der Waals surface area (Å²) in [6, 6.07) is 8.74. The summed E-state index contributed by atoms with van der Waals surface area (Å²) in [6.45, 7) is 1.94. The Labute approximate surface area is 122 Å². The van der Waals surface area contributed by atoms with Gasteiger partial charge >= 0.3 is 0 Å². The molecular weight excluding hydrogens is 268 g/mol. The number of carbonyl (C=O) groups excluding carboxylic acids is 1. The van der Waals surface area contributed by atoms with E-state index in [0.29, 0.717) is 24.4 Å². The Morgan fingerprint density at radius 2 is 2.14 bits per heavy atom. The normalized spacial score (nSPS) is 13.4. The van der Waals surface area contributed by atoms with E-state index in [1.165, 1.54) is 0 Å². The molecule has 1 aromatic carbocycles. The Hall–Kier alpha value is -2.81. The maximum atomic E-state index is 12.1.